The number of nitriles is 1. The minimum absolute atomic E-state index is 0.145. The molecule has 0 radical (unpaired) electrons. The molecule has 0 aliphatic carbocycles. The van der Waals surface area contributed by atoms with Crippen LogP contribution < -0.4 is 5.32 Å². The van der Waals surface area contributed by atoms with Crippen molar-refractivity contribution in [2.45, 2.75) is 10.6 Å². The van der Waals surface area contributed by atoms with Crippen LogP contribution in [0.1, 0.15) is 21.5 Å². The average molecular weight is 411 g/mol. The molecule has 6 heteroatoms. The van der Waals surface area contributed by atoms with E-state index in [0.29, 0.717) is 11.1 Å². The number of hydrogen-bond acceptors (Lipinski definition) is 4. The third-order valence-corrected chi connectivity index (χ3v) is 5.68. The van der Waals surface area contributed by atoms with Crippen LogP contribution in [0.5, 0.6) is 0 Å². The van der Waals surface area contributed by atoms with Gasteiger partial charge in [-0.1, -0.05) is 24.3 Å². The van der Waals surface area contributed by atoms with Crippen molar-refractivity contribution in [1.29, 1.82) is 5.26 Å². The van der Waals surface area contributed by atoms with Crippen LogP contribution in [0.15, 0.2) is 96.4 Å². The van der Waals surface area contributed by atoms with Gasteiger partial charge in [0.1, 0.15) is 0 Å². The summed E-state index contributed by atoms with van der Waals surface area (Å²) in [6.07, 6.45) is 5.33. The minimum atomic E-state index is -0.145. The van der Waals surface area contributed by atoms with Gasteiger partial charge in [0.2, 0.25) is 0 Å². The number of thioether (sulfide) groups is 1. The molecule has 0 saturated carbocycles. The van der Waals surface area contributed by atoms with E-state index in [1.165, 1.54) is 0 Å². The van der Waals surface area contributed by atoms with Gasteiger partial charge in [0.15, 0.2) is 0 Å². The van der Waals surface area contributed by atoms with Gasteiger partial charge in [0, 0.05) is 34.4 Å². The molecule has 0 spiro atoms. The summed E-state index contributed by atoms with van der Waals surface area (Å²) in [5.74, 6) is 0.573. The molecule has 0 aliphatic rings. The molecule has 0 saturated heterocycles. The summed E-state index contributed by atoms with van der Waals surface area (Å²) in [7, 11) is 0. The summed E-state index contributed by atoms with van der Waals surface area (Å²) in [6, 6.07) is 24.8. The molecule has 4 aromatic rings. The zero-order valence-corrected chi connectivity index (χ0v) is 16.8. The number of anilines is 1. The molecule has 1 heterocycles. The molecule has 0 atom stereocenters. The molecule has 30 heavy (non-hydrogen) atoms. The Kier molecular flexibility index (Phi) is 5.93. The minimum Gasteiger partial charge on any atom is -0.322 e. The van der Waals surface area contributed by atoms with Crippen LogP contribution in [0.25, 0.3) is 5.69 Å². The maximum absolute atomic E-state index is 12.9. The summed E-state index contributed by atoms with van der Waals surface area (Å²) in [4.78, 5) is 17.8. The van der Waals surface area contributed by atoms with Gasteiger partial charge in [0.05, 0.1) is 23.5 Å². The number of aromatic nitrogens is 2. The molecule has 4 rings (SSSR count). The lowest BCUT2D eigenvalue weighted by molar-refractivity contribution is 0.102. The molecule has 0 fully saturated rings. The van der Waals surface area contributed by atoms with Gasteiger partial charge in [0.25, 0.3) is 5.91 Å². The van der Waals surface area contributed by atoms with Crippen LogP contribution in [0.4, 0.5) is 5.69 Å². The van der Waals surface area contributed by atoms with Gasteiger partial charge in [-0.3, -0.25) is 4.79 Å². The number of nitrogens with one attached hydrogen (secondary N) is 1. The van der Waals surface area contributed by atoms with Crippen molar-refractivity contribution in [3.8, 4) is 11.8 Å². The lowest BCUT2D eigenvalue weighted by Crippen LogP contribution is -2.13. The van der Waals surface area contributed by atoms with Gasteiger partial charge in [-0.05, 0) is 54.1 Å². The van der Waals surface area contributed by atoms with Crippen LogP contribution >= 0.6 is 11.8 Å². The maximum atomic E-state index is 12.9. The first-order chi connectivity index (χ1) is 14.7. The van der Waals surface area contributed by atoms with E-state index in [1.807, 2.05) is 83.6 Å². The number of carbonyl (C=O) groups excluding carboxylic acids is 1. The molecule has 1 amide bonds. The summed E-state index contributed by atoms with van der Waals surface area (Å²) < 4.78 is 1.90. The van der Waals surface area contributed by atoms with Gasteiger partial charge >= 0.3 is 0 Å². The van der Waals surface area contributed by atoms with Crippen molar-refractivity contribution in [2.75, 3.05) is 5.32 Å². The standard InChI is InChI=1S/C24H18N4OS/c25-15-18-5-7-19(8-6-18)16-30-23-4-2-1-3-22(23)24(29)27-20-9-11-21(12-10-20)28-14-13-26-17-28/h1-14,17H,16H2,(H,27,29). The van der Waals surface area contributed by atoms with Crippen molar-refractivity contribution in [2.24, 2.45) is 0 Å². The fraction of sp³-hybridized carbons (Fsp3) is 0.0417. The molecule has 0 bridgehead atoms. The van der Waals surface area contributed by atoms with Crippen LogP contribution in [-0.2, 0) is 5.75 Å². The number of imidazole rings is 1. The predicted octanol–water partition coefficient (Wildman–Crippen LogP) is 5.29. The van der Waals surface area contributed by atoms with E-state index in [2.05, 4.69) is 16.4 Å². The Balaban J connectivity index is 1.44. The molecule has 0 aliphatic heterocycles. The molecule has 0 unspecified atom stereocenters. The van der Waals surface area contributed by atoms with Gasteiger partial charge < -0.3 is 9.88 Å². The first-order valence-corrected chi connectivity index (χ1v) is 10.3. The zero-order chi connectivity index (χ0) is 20.8. The van der Waals surface area contributed by atoms with Crippen LogP contribution in [0.2, 0.25) is 0 Å². The molecular weight excluding hydrogens is 392 g/mol. The quantitative estimate of drug-likeness (QED) is 0.439. The topological polar surface area (TPSA) is 70.7 Å². The number of amides is 1. The summed E-state index contributed by atoms with van der Waals surface area (Å²) >= 11 is 1.60. The second-order valence-electron chi connectivity index (χ2n) is 6.56. The Morgan fingerprint density at radius 2 is 1.80 bits per heavy atom. The van der Waals surface area contributed by atoms with Crippen molar-refractivity contribution < 1.29 is 4.79 Å². The van der Waals surface area contributed by atoms with E-state index >= 15 is 0 Å². The first kappa shape index (κ1) is 19.5. The Morgan fingerprint density at radius 1 is 1.03 bits per heavy atom. The molecule has 1 aromatic heterocycles. The van der Waals surface area contributed by atoms with Crippen molar-refractivity contribution >= 4 is 23.4 Å². The Labute approximate surface area is 179 Å². The molecule has 146 valence electrons. The van der Waals surface area contributed by atoms with E-state index in [1.54, 1.807) is 24.3 Å². The maximum Gasteiger partial charge on any atom is 0.256 e. The van der Waals surface area contributed by atoms with Crippen LogP contribution in [0.3, 0.4) is 0 Å². The number of nitrogens with zero attached hydrogens (tertiary/aromatic N) is 3. The van der Waals surface area contributed by atoms with E-state index < -0.39 is 0 Å². The summed E-state index contributed by atoms with van der Waals surface area (Å²) in [5.41, 5.74) is 4.08. The summed E-state index contributed by atoms with van der Waals surface area (Å²) in [5, 5.41) is 11.9. The fourth-order valence-electron chi connectivity index (χ4n) is 2.94. The summed E-state index contributed by atoms with van der Waals surface area (Å²) in [6.45, 7) is 0. The highest BCUT2D eigenvalue weighted by Gasteiger charge is 2.12. The van der Waals surface area contributed by atoms with Gasteiger partial charge in [-0.15, -0.1) is 11.8 Å². The van der Waals surface area contributed by atoms with E-state index in [4.69, 9.17) is 5.26 Å². The first-order valence-electron chi connectivity index (χ1n) is 9.33. The van der Waals surface area contributed by atoms with E-state index in [0.717, 1.165) is 27.6 Å². The smallest absolute Gasteiger partial charge is 0.256 e. The van der Waals surface area contributed by atoms with Crippen molar-refractivity contribution in [3.63, 3.8) is 0 Å². The fourth-order valence-corrected chi connectivity index (χ4v) is 3.95. The van der Waals surface area contributed by atoms with Gasteiger partial charge in [-0.2, -0.15) is 5.26 Å². The SMILES string of the molecule is N#Cc1ccc(CSc2ccccc2C(=O)Nc2ccc(-n3ccnc3)cc2)cc1. The molecule has 5 nitrogen and oxygen atoms in total. The second-order valence-corrected chi connectivity index (χ2v) is 7.58. The molecule has 3 aromatic carbocycles. The number of benzene rings is 3. The lowest BCUT2D eigenvalue weighted by atomic mass is 10.2. The monoisotopic (exact) mass is 410 g/mol. The highest BCUT2D eigenvalue weighted by atomic mass is 32.2. The Bertz CT molecular complexity index is 1180. The number of rotatable bonds is 6. The number of hydrogen-bond donors (Lipinski definition) is 1. The predicted molar refractivity (Wildman–Crippen MR) is 119 cm³/mol. The average Bonchev–Trinajstić information content (AvgIpc) is 3.34. The van der Waals surface area contributed by atoms with Crippen molar-refractivity contribution in [1.82, 2.24) is 9.55 Å². The normalized spacial score (nSPS) is 10.4. The third-order valence-electron chi connectivity index (χ3n) is 4.54. The highest BCUT2D eigenvalue weighted by molar-refractivity contribution is 7.98. The lowest BCUT2D eigenvalue weighted by Gasteiger charge is -2.11. The van der Waals surface area contributed by atoms with Crippen molar-refractivity contribution in [3.05, 3.63) is 108 Å². The molecular formula is C24H18N4OS. The van der Waals surface area contributed by atoms with E-state index in [-0.39, 0.29) is 5.91 Å². The van der Waals surface area contributed by atoms with Gasteiger partial charge in [-0.25, -0.2) is 4.98 Å². The Hall–Kier alpha value is -3.82. The number of carbonyl (C=O) groups is 1. The molecule has 1 N–H and O–H groups in total. The van der Waals surface area contributed by atoms with Crippen LogP contribution in [0, 0.1) is 11.3 Å². The van der Waals surface area contributed by atoms with E-state index in [9.17, 15) is 4.79 Å². The zero-order valence-electron chi connectivity index (χ0n) is 16.0. The second kappa shape index (κ2) is 9.12. The third kappa shape index (κ3) is 4.59. The highest BCUT2D eigenvalue weighted by Crippen LogP contribution is 2.27. The Morgan fingerprint density at radius 3 is 2.50 bits per heavy atom. The largest absolute Gasteiger partial charge is 0.322 e. The van der Waals surface area contributed by atoms with Crippen LogP contribution in [-0.4, -0.2) is 15.5 Å².